The molecule has 2 aromatic carbocycles. The fourth-order valence-electron chi connectivity index (χ4n) is 7.93. The number of phenols is 3. The number of aromatic hydroxyl groups is 3. The number of Topliss-reactive ketones (excluding diaryl/α,β-unsaturated/α-hetero) is 1. The number of allylic oxidation sites excluding steroid dienone is 2. The summed E-state index contributed by atoms with van der Waals surface area (Å²) < 4.78 is 23.4. The van der Waals surface area contributed by atoms with Crippen molar-refractivity contribution in [2.75, 3.05) is 45.7 Å². The number of ketones is 1. The molecule has 322 valence electrons. The first-order valence-corrected chi connectivity index (χ1v) is 19.8. The molecule has 16 heteroatoms. The first-order valence-electron chi connectivity index (χ1n) is 19.8. The second kappa shape index (κ2) is 18.0. The zero-order valence-electron chi connectivity index (χ0n) is 35.3. The minimum Gasteiger partial charge on any atom is -0.507 e. The fraction of sp³-hybridized carbons (Fsp3) is 0.535. The third-order valence-corrected chi connectivity index (χ3v) is 11.9. The quantitative estimate of drug-likeness (QED) is 0.109. The molecule has 4 heterocycles. The molecule has 4 aliphatic heterocycles. The van der Waals surface area contributed by atoms with Gasteiger partial charge in [0.05, 0.1) is 53.0 Å². The molecule has 6 rings (SSSR count). The van der Waals surface area contributed by atoms with Crippen LogP contribution in [0, 0.1) is 30.6 Å². The van der Waals surface area contributed by atoms with Crippen molar-refractivity contribution < 1.29 is 58.9 Å². The summed E-state index contributed by atoms with van der Waals surface area (Å²) in [6.45, 7) is 15.1. The summed E-state index contributed by atoms with van der Waals surface area (Å²) in [7, 11) is 3.42. The molecule has 2 aromatic rings. The topological polar surface area (TPSA) is 220 Å². The van der Waals surface area contributed by atoms with Crippen LogP contribution in [0.1, 0.15) is 70.0 Å². The van der Waals surface area contributed by atoms with Crippen molar-refractivity contribution in [3.63, 3.8) is 0 Å². The normalized spacial score (nSPS) is 32.1. The lowest BCUT2D eigenvalue weighted by molar-refractivity contribution is -0.156. The maximum absolute atomic E-state index is 14.4. The Morgan fingerprint density at radius 2 is 1.59 bits per heavy atom. The van der Waals surface area contributed by atoms with Gasteiger partial charge in [-0.25, -0.2) is 0 Å². The minimum absolute atomic E-state index is 0.0594. The zero-order valence-corrected chi connectivity index (χ0v) is 35.3. The van der Waals surface area contributed by atoms with Gasteiger partial charge < -0.3 is 54.7 Å². The number of carbonyl (C=O) groups is 3. The summed E-state index contributed by atoms with van der Waals surface area (Å²) in [6, 6.07) is 0. The lowest BCUT2D eigenvalue weighted by Crippen LogP contribution is -2.46. The number of ether oxygens (including phenoxy) is 4. The molecule has 16 nitrogen and oxygen atoms in total. The van der Waals surface area contributed by atoms with Crippen LogP contribution in [-0.4, -0.2) is 130 Å². The molecule has 0 aliphatic carbocycles. The van der Waals surface area contributed by atoms with Crippen molar-refractivity contribution in [2.24, 2.45) is 28.8 Å². The van der Waals surface area contributed by atoms with Gasteiger partial charge >= 0.3 is 11.8 Å². The summed E-state index contributed by atoms with van der Waals surface area (Å²) >= 11 is 0. The van der Waals surface area contributed by atoms with Gasteiger partial charge in [0.25, 0.3) is 11.7 Å². The van der Waals surface area contributed by atoms with E-state index in [0.717, 1.165) is 13.1 Å². The van der Waals surface area contributed by atoms with Crippen LogP contribution in [-0.2, 0) is 23.8 Å². The van der Waals surface area contributed by atoms with Crippen molar-refractivity contribution in [3.05, 3.63) is 52.8 Å². The number of piperazine rings is 1. The molecule has 0 unspecified atom stereocenters. The summed E-state index contributed by atoms with van der Waals surface area (Å²) in [5, 5.41) is 67.0. The number of amides is 1. The van der Waals surface area contributed by atoms with E-state index in [1.54, 1.807) is 44.9 Å². The Hall–Kier alpha value is -5.16. The van der Waals surface area contributed by atoms with Gasteiger partial charge in [-0.1, -0.05) is 45.9 Å². The molecule has 0 radical (unpaired) electrons. The predicted molar refractivity (Wildman–Crippen MR) is 220 cm³/mol. The Morgan fingerprint density at radius 1 is 0.949 bits per heavy atom. The zero-order chi connectivity index (χ0) is 43.7. The SMILES string of the molecule is CO[C@H]1/C=C/O[C@@]2(C)Oc3c(C)c(O)c4c(O)c(c(/C=N/N5CCN(C)CC5)c(O)c4c3C2=O)NC(=O)/C(C)=C\C=C\[C@H](C)[C@H](OC(C)=O)[C@@H](C)[C@@H](O)[C@@H](C)[C@H](O)[C@@H]1C. The Morgan fingerprint density at radius 3 is 2.22 bits per heavy atom. The predicted octanol–water partition coefficient (Wildman–Crippen LogP) is 4.34. The second-order valence-electron chi connectivity index (χ2n) is 16.1. The van der Waals surface area contributed by atoms with Crippen molar-refractivity contribution in [1.29, 1.82) is 0 Å². The lowest BCUT2D eigenvalue weighted by atomic mass is 9.78. The highest BCUT2D eigenvalue weighted by Gasteiger charge is 2.50. The molecule has 0 spiro atoms. The fourth-order valence-corrected chi connectivity index (χ4v) is 7.93. The largest absolute Gasteiger partial charge is 0.507 e. The van der Waals surface area contributed by atoms with Crippen LogP contribution in [0.25, 0.3) is 10.8 Å². The van der Waals surface area contributed by atoms with E-state index in [2.05, 4.69) is 15.3 Å². The molecule has 0 saturated carbocycles. The third-order valence-electron chi connectivity index (χ3n) is 11.9. The van der Waals surface area contributed by atoms with Gasteiger partial charge in [0.15, 0.2) is 5.75 Å². The van der Waals surface area contributed by atoms with Crippen LogP contribution >= 0.6 is 0 Å². The number of likely N-dealkylation sites (N-methyl/N-ethyl adjacent to an activating group) is 1. The highest BCUT2D eigenvalue weighted by molar-refractivity contribution is 6.23. The molecule has 0 aromatic heterocycles. The highest BCUT2D eigenvalue weighted by atomic mass is 16.7. The number of nitrogens with one attached hydrogen (secondary N) is 1. The van der Waals surface area contributed by atoms with Crippen LogP contribution < -0.4 is 10.1 Å². The van der Waals surface area contributed by atoms with E-state index in [9.17, 15) is 39.9 Å². The van der Waals surface area contributed by atoms with E-state index in [0.29, 0.717) is 13.1 Å². The molecule has 1 saturated heterocycles. The number of hydrazone groups is 1. The summed E-state index contributed by atoms with van der Waals surface area (Å²) in [5.41, 5.74) is -0.355. The van der Waals surface area contributed by atoms with Crippen molar-refractivity contribution in [2.45, 2.75) is 85.6 Å². The third kappa shape index (κ3) is 8.91. The van der Waals surface area contributed by atoms with Gasteiger partial charge in [0.2, 0.25) is 0 Å². The van der Waals surface area contributed by atoms with Crippen molar-refractivity contribution >= 4 is 40.3 Å². The molecule has 9 atom stereocenters. The number of anilines is 1. The maximum atomic E-state index is 14.4. The second-order valence-corrected chi connectivity index (χ2v) is 16.1. The molecule has 6 N–H and O–H groups in total. The minimum atomic E-state index is -2.03. The van der Waals surface area contributed by atoms with Crippen molar-refractivity contribution in [3.8, 4) is 23.0 Å². The average Bonchev–Trinajstić information content (AvgIpc) is 3.46. The number of aliphatic hydroxyl groups excluding tert-OH is 2. The number of aliphatic hydroxyl groups is 2. The first kappa shape index (κ1) is 44.9. The smallest absolute Gasteiger partial charge is 0.312 e. The highest BCUT2D eigenvalue weighted by Crippen LogP contribution is 2.55. The van der Waals surface area contributed by atoms with Gasteiger partial charge in [-0.15, -0.1) is 0 Å². The van der Waals surface area contributed by atoms with E-state index < -0.39 is 88.8 Å². The van der Waals surface area contributed by atoms with Gasteiger partial charge in [0.1, 0.15) is 23.4 Å². The van der Waals surface area contributed by atoms with Crippen LogP contribution in [0.15, 0.2) is 41.2 Å². The number of phenolic OH excluding ortho intramolecular Hbond substituents is 3. The van der Waals surface area contributed by atoms with E-state index >= 15 is 0 Å². The Labute approximate surface area is 344 Å². The number of nitrogens with zero attached hydrogens (tertiary/aromatic N) is 3. The number of hydrogen-bond acceptors (Lipinski definition) is 15. The Bertz CT molecular complexity index is 2070. The van der Waals surface area contributed by atoms with E-state index in [4.69, 9.17) is 18.9 Å². The number of methoxy groups -OCH3 is 1. The van der Waals surface area contributed by atoms with Crippen LogP contribution in [0.5, 0.6) is 23.0 Å². The van der Waals surface area contributed by atoms with Gasteiger partial charge in [-0.2, -0.15) is 5.10 Å². The molecule has 5 bridgehead atoms. The van der Waals surface area contributed by atoms with Crippen LogP contribution in [0.2, 0.25) is 0 Å². The molecule has 1 fully saturated rings. The standard InChI is InChI=1S/C43H58N4O12/c1-21-12-11-13-22(2)42(55)45-33-28(20-44-47-17-15-46(9)16-18-47)37(52)30-31(38(33)53)36(51)26(6)40-32(30)41(54)43(8,59-40)57-19-14-29(56-10)23(3)34(49)24(4)35(50)25(5)39(21)58-27(7)48/h11-14,19-21,23-25,29,34-35,39,49-53H,15-18H2,1-10H3,(H,45,55)/b12-11+,19-14+,22-13-,44-20+/t21-,23+,24-,25-,29-,34+,35-,39-,43-/m0/s1. The molecule has 1 amide bonds. The van der Waals surface area contributed by atoms with Gasteiger partial charge in [-0.05, 0) is 27.0 Å². The van der Waals surface area contributed by atoms with Crippen molar-refractivity contribution in [1.82, 2.24) is 9.91 Å². The molecular formula is C43H58N4O12. The van der Waals surface area contributed by atoms with E-state index in [1.165, 1.54) is 59.4 Å². The first-order chi connectivity index (χ1) is 27.7. The monoisotopic (exact) mass is 822 g/mol. The molecule has 59 heavy (non-hydrogen) atoms. The molecule has 4 aliphatic rings. The number of hydrogen-bond donors (Lipinski definition) is 6. The van der Waals surface area contributed by atoms with Gasteiger partial charge in [-0.3, -0.25) is 19.4 Å². The number of benzene rings is 2. The number of fused-ring (bicyclic) bond motifs is 14. The Kier molecular flexibility index (Phi) is 13.7. The van der Waals surface area contributed by atoms with E-state index in [-0.39, 0.29) is 44.5 Å². The maximum Gasteiger partial charge on any atom is 0.312 e. The lowest BCUT2D eigenvalue weighted by Gasteiger charge is -2.37. The average molecular weight is 823 g/mol. The summed E-state index contributed by atoms with van der Waals surface area (Å²) in [4.78, 5) is 42.5. The molecular weight excluding hydrogens is 764 g/mol. The van der Waals surface area contributed by atoms with Crippen LogP contribution in [0.4, 0.5) is 5.69 Å². The number of carbonyl (C=O) groups excluding carboxylic acids is 3. The summed E-state index contributed by atoms with van der Waals surface area (Å²) in [6.07, 6.45) is 4.90. The number of esters is 1. The van der Waals surface area contributed by atoms with Crippen LogP contribution in [0.3, 0.4) is 0 Å². The van der Waals surface area contributed by atoms with E-state index in [1.807, 2.05) is 7.05 Å². The Balaban J connectivity index is 1.70. The van der Waals surface area contributed by atoms with Gasteiger partial charge in [0, 0.05) is 87.3 Å². The number of rotatable bonds is 4. The summed E-state index contributed by atoms with van der Waals surface area (Å²) in [5.74, 6) is -8.30.